The molecule has 3 aliphatic rings. The molecule has 2 bridgehead atoms. The molecule has 0 radical (unpaired) electrons. The molecule has 5 aromatic rings. The Morgan fingerprint density at radius 2 is 1.80 bits per heavy atom. The van der Waals surface area contributed by atoms with Crippen LogP contribution in [0.4, 0.5) is 14.7 Å². The lowest BCUT2D eigenvalue weighted by molar-refractivity contribution is -0.134. The van der Waals surface area contributed by atoms with E-state index in [-0.39, 0.29) is 42.2 Å². The average Bonchev–Trinajstić information content (AvgIpc) is 3.92. The number of likely N-dealkylation sites (tertiary alicyclic amines) is 1. The number of likely N-dealkylation sites (N-methyl/N-ethyl adjacent to an activating group) is 1. The third-order valence-electron chi connectivity index (χ3n) is 11.7. The Hall–Kier alpha value is -6.03. The molecule has 2 N–H and O–H groups in total. The van der Waals surface area contributed by atoms with Gasteiger partial charge < -0.3 is 19.1 Å². The van der Waals surface area contributed by atoms with Crippen molar-refractivity contribution in [3.05, 3.63) is 88.2 Å². The molecule has 0 unspecified atom stereocenters. The lowest BCUT2D eigenvalue weighted by Gasteiger charge is -2.25. The number of nitrogens with one attached hydrogen (secondary N) is 2. The Bertz CT molecular complexity index is 2460. The minimum absolute atomic E-state index is 0.0293. The number of nitrogens with zero attached hydrogens (tertiary/aromatic N) is 7. The maximum Gasteiger partial charge on any atom is 0.258 e. The summed E-state index contributed by atoms with van der Waals surface area (Å²) in [4.78, 5) is 65.1. The number of piperidine rings is 1. The van der Waals surface area contributed by atoms with Gasteiger partial charge in [-0.2, -0.15) is 5.10 Å². The van der Waals surface area contributed by atoms with Crippen LogP contribution in [0.5, 0.6) is 5.88 Å². The number of fused-ring (bicyclic) bond motifs is 7. The third-order valence-corrected chi connectivity index (χ3v) is 11.7. The van der Waals surface area contributed by atoms with Crippen molar-refractivity contribution in [2.45, 2.75) is 70.9 Å². The second-order valence-electron chi connectivity index (χ2n) is 16.1. The number of hydrogen-bond acceptors (Lipinski definition) is 9. The van der Waals surface area contributed by atoms with Crippen LogP contribution in [0.15, 0.2) is 48.7 Å². The Morgan fingerprint density at radius 1 is 1.00 bits per heavy atom. The van der Waals surface area contributed by atoms with Gasteiger partial charge in [0.1, 0.15) is 11.6 Å². The van der Waals surface area contributed by atoms with Crippen molar-refractivity contribution < 1.29 is 32.7 Å². The summed E-state index contributed by atoms with van der Waals surface area (Å²) in [6.07, 6.45) is 4.50. The molecular weight excluding hydrogens is 761 g/mol. The van der Waals surface area contributed by atoms with Crippen LogP contribution in [-0.4, -0.2) is 97.1 Å². The molecule has 0 aliphatic carbocycles. The Labute approximate surface area is 339 Å². The van der Waals surface area contributed by atoms with Crippen molar-refractivity contribution in [1.82, 2.24) is 39.4 Å². The smallest absolute Gasteiger partial charge is 0.258 e. The number of amides is 4. The van der Waals surface area contributed by atoms with Gasteiger partial charge in [0.25, 0.3) is 11.8 Å². The zero-order valence-corrected chi connectivity index (χ0v) is 33.6. The van der Waals surface area contributed by atoms with Crippen molar-refractivity contribution in [2.24, 2.45) is 13.0 Å². The summed E-state index contributed by atoms with van der Waals surface area (Å²) >= 11 is 0. The maximum absolute atomic E-state index is 15.1. The molecule has 3 aromatic heterocycles. The zero-order chi connectivity index (χ0) is 41.5. The van der Waals surface area contributed by atoms with E-state index >= 15 is 8.78 Å². The zero-order valence-electron chi connectivity index (χ0n) is 33.6. The normalized spacial score (nSPS) is 20.1. The highest BCUT2D eigenvalue weighted by Crippen LogP contribution is 2.33. The second kappa shape index (κ2) is 16.3. The van der Waals surface area contributed by atoms with Crippen LogP contribution in [0.2, 0.25) is 0 Å². The fraction of sp³-hybridized carbons (Fsp3) is 0.419. The first-order valence-electron chi connectivity index (χ1n) is 20.1. The highest BCUT2D eigenvalue weighted by Gasteiger charge is 2.33. The summed E-state index contributed by atoms with van der Waals surface area (Å²) in [6, 6.07) is 11.4. The van der Waals surface area contributed by atoms with Crippen LogP contribution >= 0.6 is 0 Å². The SMILES string of the molecule is Cc1cc2cc(n1)-c1cnn(C)c1OCCC[C@@H](C)Cn1c(nc3ccc(C(=O)N4CC[C@H](N(C)CCc5cc(F)c([C@H]6CCC(=O)NC6=O)c(F)c5)C4)cc31)NC2=O. The van der Waals surface area contributed by atoms with E-state index in [4.69, 9.17) is 9.72 Å². The molecule has 8 rings (SSSR count). The largest absolute Gasteiger partial charge is 0.477 e. The number of rotatable bonds is 6. The number of ether oxygens (including phenoxy) is 1. The van der Waals surface area contributed by atoms with Gasteiger partial charge in [-0.3, -0.25) is 34.8 Å². The van der Waals surface area contributed by atoms with E-state index in [1.54, 1.807) is 29.1 Å². The maximum atomic E-state index is 15.1. The molecule has 0 saturated carbocycles. The summed E-state index contributed by atoms with van der Waals surface area (Å²) in [6.45, 7) is 6.52. The fourth-order valence-electron chi connectivity index (χ4n) is 8.46. The number of anilines is 1. The summed E-state index contributed by atoms with van der Waals surface area (Å²) in [5.74, 6) is -3.08. The first-order chi connectivity index (χ1) is 28.3. The van der Waals surface area contributed by atoms with E-state index in [0.29, 0.717) is 90.2 Å². The number of hydrogen-bond donors (Lipinski definition) is 2. The molecule has 3 aliphatic heterocycles. The number of benzene rings is 2. The number of pyridine rings is 1. The van der Waals surface area contributed by atoms with Gasteiger partial charge in [-0.1, -0.05) is 6.92 Å². The molecule has 2 saturated heterocycles. The van der Waals surface area contributed by atoms with Crippen molar-refractivity contribution in [1.29, 1.82) is 0 Å². The lowest BCUT2D eigenvalue weighted by Crippen LogP contribution is -2.40. The lowest BCUT2D eigenvalue weighted by atomic mass is 9.89. The van der Waals surface area contributed by atoms with E-state index in [9.17, 15) is 19.2 Å². The molecule has 308 valence electrons. The van der Waals surface area contributed by atoms with Crippen LogP contribution in [0.1, 0.15) is 82.5 Å². The van der Waals surface area contributed by atoms with Gasteiger partial charge in [-0.15, -0.1) is 0 Å². The number of imidazole rings is 1. The number of carbonyl (C=O) groups excluding carboxylic acids is 4. The predicted molar refractivity (Wildman–Crippen MR) is 215 cm³/mol. The molecule has 2 fully saturated rings. The van der Waals surface area contributed by atoms with Gasteiger partial charge in [0.15, 0.2) is 0 Å². The predicted octanol–water partition coefficient (Wildman–Crippen LogP) is 5.39. The van der Waals surface area contributed by atoms with Crippen molar-refractivity contribution >= 4 is 40.6 Å². The van der Waals surface area contributed by atoms with Gasteiger partial charge in [0.2, 0.25) is 23.6 Å². The first-order valence-corrected chi connectivity index (χ1v) is 20.1. The van der Waals surface area contributed by atoms with Crippen LogP contribution in [0, 0.1) is 24.5 Å². The molecule has 6 heterocycles. The van der Waals surface area contributed by atoms with Gasteiger partial charge in [0, 0.05) is 68.1 Å². The Morgan fingerprint density at radius 3 is 2.58 bits per heavy atom. The third kappa shape index (κ3) is 8.18. The molecule has 59 heavy (non-hydrogen) atoms. The highest BCUT2D eigenvalue weighted by atomic mass is 19.1. The molecule has 2 aromatic carbocycles. The fourth-order valence-corrected chi connectivity index (χ4v) is 8.46. The van der Waals surface area contributed by atoms with Crippen molar-refractivity contribution in [2.75, 3.05) is 38.6 Å². The molecule has 16 heteroatoms. The molecule has 0 spiro atoms. The van der Waals surface area contributed by atoms with E-state index in [0.717, 1.165) is 24.8 Å². The van der Waals surface area contributed by atoms with Crippen molar-refractivity contribution in [3.8, 4) is 17.1 Å². The second-order valence-corrected chi connectivity index (χ2v) is 16.1. The minimum Gasteiger partial charge on any atom is -0.477 e. The average molecular weight is 808 g/mol. The number of carbonyl (C=O) groups is 4. The number of aryl methyl sites for hydroxylation is 2. The van der Waals surface area contributed by atoms with Crippen LogP contribution in [0.25, 0.3) is 22.3 Å². The van der Waals surface area contributed by atoms with Crippen LogP contribution in [-0.2, 0) is 29.6 Å². The van der Waals surface area contributed by atoms with Gasteiger partial charge in [-0.25, -0.2) is 18.4 Å². The molecule has 14 nitrogen and oxygen atoms in total. The summed E-state index contributed by atoms with van der Waals surface area (Å²) in [5.41, 5.74) is 4.41. The van der Waals surface area contributed by atoms with E-state index < -0.39 is 29.4 Å². The van der Waals surface area contributed by atoms with E-state index in [1.807, 2.05) is 42.6 Å². The summed E-state index contributed by atoms with van der Waals surface area (Å²) < 4.78 is 40.1. The number of halogens is 2. The quantitative estimate of drug-likeness (QED) is 0.215. The van der Waals surface area contributed by atoms with Gasteiger partial charge >= 0.3 is 0 Å². The minimum atomic E-state index is -1.04. The van der Waals surface area contributed by atoms with E-state index in [2.05, 4.69) is 32.5 Å². The Balaban J connectivity index is 0.967. The highest BCUT2D eigenvalue weighted by molar-refractivity contribution is 6.05. The van der Waals surface area contributed by atoms with Crippen LogP contribution in [0.3, 0.4) is 0 Å². The summed E-state index contributed by atoms with van der Waals surface area (Å²) in [5, 5.41) is 9.59. The van der Waals surface area contributed by atoms with Gasteiger partial charge in [-0.05, 0) is 100 Å². The number of imide groups is 1. The Kier molecular flexibility index (Phi) is 11.0. The topological polar surface area (TPSA) is 157 Å². The van der Waals surface area contributed by atoms with Gasteiger partial charge in [0.05, 0.1) is 41.0 Å². The summed E-state index contributed by atoms with van der Waals surface area (Å²) in [7, 11) is 3.75. The molecule has 4 amide bonds. The molecule has 3 atom stereocenters. The molecular formula is C43H47F2N9O5. The standard InChI is InChI=1S/C43H47F2N9O5/c1-24-6-5-15-59-42-31(21-46-52(42)4)35-19-28(16-25(2)47-35)39(56)50-43-48-34-9-7-27(20-36(34)54(43)22-24)41(58)53-14-12-29(23-53)51(3)13-11-26-17-32(44)38(33(45)18-26)30-8-10-37(55)49-40(30)57/h7,9,16-21,24,29-30H,5-6,8,10-15,22-23H2,1-4H3,(H,48,50,56)(H,49,55,57)/t24-,29+,30-/m1/s1. The van der Waals surface area contributed by atoms with E-state index in [1.165, 1.54) is 12.1 Å². The first kappa shape index (κ1) is 39.8. The van der Waals surface area contributed by atoms with Crippen LogP contribution < -0.4 is 15.4 Å². The monoisotopic (exact) mass is 807 g/mol. The number of aromatic nitrogens is 5. The van der Waals surface area contributed by atoms with Crippen molar-refractivity contribution in [3.63, 3.8) is 0 Å².